The average molecular weight is 522 g/mol. The number of allylic oxidation sites excluding steroid dienone is 1. The summed E-state index contributed by atoms with van der Waals surface area (Å²) in [5, 5.41) is 4.88. The van der Waals surface area contributed by atoms with E-state index in [2.05, 4.69) is 32.0 Å². The Bertz CT molecular complexity index is 1240. The fraction of sp³-hybridized carbons (Fsp3) is 0.310. The molecule has 0 aliphatic rings. The maximum atomic E-state index is 14.1. The lowest BCUT2D eigenvalue weighted by molar-refractivity contribution is -0.137. The molecule has 7 heteroatoms. The van der Waals surface area contributed by atoms with E-state index in [-0.39, 0.29) is 12.0 Å². The molecule has 194 valence electrons. The maximum Gasteiger partial charge on any atom is 0.416 e. The van der Waals surface area contributed by atoms with E-state index in [1.165, 1.54) is 11.8 Å². The topological polar surface area (TPSA) is 12.0 Å². The molecule has 1 N–H and O–H groups in total. The van der Waals surface area contributed by atoms with Gasteiger partial charge in [-0.15, -0.1) is 0 Å². The molecule has 0 heterocycles. The molecule has 0 aromatic heterocycles. The first-order valence-electron chi connectivity index (χ1n) is 11.6. The van der Waals surface area contributed by atoms with Gasteiger partial charge in [0.25, 0.3) is 5.92 Å². The number of halogens is 5. The Morgan fingerprint density at radius 1 is 1.06 bits per heavy atom. The summed E-state index contributed by atoms with van der Waals surface area (Å²) < 4.78 is 67.3. The third-order valence-corrected chi connectivity index (χ3v) is 6.26. The van der Waals surface area contributed by atoms with Crippen molar-refractivity contribution >= 4 is 30.5 Å². The van der Waals surface area contributed by atoms with Gasteiger partial charge in [-0.3, -0.25) is 0 Å². The SMILES string of the molecule is C=C(C)S/C(=C\c1ccc(=C)/c(=C\CCc2ccc(C(F)(F)F)cc2C(C)(F)F)c1)C(=C)NCCC. The smallest absolute Gasteiger partial charge is 0.385 e. The molecule has 0 spiro atoms. The van der Waals surface area contributed by atoms with Gasteiger partial charge >= 0.3 is 6.18 Å². The number of rotatable bonds is 11. The van der Waals surface area contributed by atoms with Crippen LogP contribution in [-0.4, -0.2) is 6.54 Å². The lowest BCUT2D eigenvalue weighted by Crippen LogP contribution is -2.23. The standard InChI is InChI=1S/C29H32F5NS/c1-7-15-35-21(5)27(36-19(2)3)17-22-12-11-20(4)24(16-22)10-8-9-23-13-14-25(29(32,33)34)18-26(23)28(6,30)31/h10-14,16-18,35H,2,4-5,7-9,15H2,1,3,6H3/b24-10-,27-17-. The number of hydrogen-bond acceptors (Lipinski definition) is 2. The van der Waals surface area contributed by atoms with Crippen LogP contribution < -0.4 is 15.8 Å². The van der Waals surface area contributed by atoms with Crippen LogP contribution in [0.3, 0.4) is 0 Å². The quantitative estimate of drug-likeness (QED) is 0.240. The minimum Gasteiger partial charge on any atom is -0.385 e. The molecule has 2 aromatic rings. The molecular formula is C29H32F5NS. The Morgan fingerprint density at radius 3 is 2.33 bits per heavy atom. The number of benzene rings is 2. The normalized spacial score (nSPS) is 13.1. The highest BCUT2D eigenvalue weighted by Crippen LogP contribution is 2.36. The molecule has 0 radical (unpaired) electrons. The van der Waals surface area contributed by atoms with E-state index in [9.17, 15) is 22.0 Å². The lowest BCUT2D eigenvalue weighted by Gasteiger charge is -2.18. The molecule has 0 amide bonds. The summed E-state index contributed by atoms with van der Waals surface area (Å²) in [5.74, 6) is -3.38. The molecular weight excluding hydrogens is 489 g/mol. The minimum absolute atomic E-state index is 0.172. The van der Waals surface area contributed by atoms with Crippen molar-refractivity contribution in [3.05, 3.63) is 97.8 Å². The number of hydrogen-bond donors (Lipinski definition) is 1. The lowest BCUT2D eigenvalue weighted by atomic mass is 9.95. The zero-order valence-electron chi connectivity index (χ0n) is 20.9. The third-order valence-electron chi connectivity index (χ3n) is 5.33. The fourth-order valence-corrected chi connectivity index (χ4v) is 4.30. The van der Waals surface area contributed by atoms with Gasteiger partial charge in [-0.2, -0.15) is 13.2 Å². The van der Waals surface area contributed by atoms with Gasteiger partial charge in [0, 0.05) is 29.6 Å². The van der Waals surface area contributed by atoms with E-state index in [0.29, 0.717) is 19.4 Å². The second kappa shape index (κ2) is 12.4. The Balaban J connectivity index is 2.35. The molecule has 0 saturated carbocycles. The predicted octanol–water partition coefficient (Wildman–Crippen LogP) is 7.76. The molecule has 0 atom stereocenters. The van der Waals surface area contributed by atoms with Gasteiger partial charge in [-0.1, -0.05) is 62.7 Å². The van der Waals surface area contributed by atoms with Gasteiger partial charge in [0.05, 0.1) is 5.56 Å². The van der Waals surface area contributed by atoms with E-state index >= 15 is 0 Å². The number of alkyl halides is 5. The van der Waals surface area contributed by atoms with Crippen LogP contribution in [0.4, 0.5) is 22.0 Å². The van der Waals surface area contributed by atoms with Crippen molar-refractivity contribution in [3.8, 4) is 0 Å². The summed E-state index contributed by atoms with van der Waals surface area (Å²) in [5.41, 5.74) is 0.213. The van der Waals surface area contributed by atoms with Crippen molar-refractivity contribution in [2.75, 3.05) is 6.54 Å². The van der Waals surface area contributed by atoms with Crippen LogP contribution in [0.25, 0.3) is 18.7 Å². The molecule has 0 aliphatic carbocycles. The summed E-state index contributed by atoms with van der Waals surface area (Å²) in [6.45, 7) is 17.5. The van der Waals surface area contributed by atoms with E-state index in [1.54, 1.807) is 0 Å². The molecule has 0 aliphatic heterocycles. The zero-order chi connectivity index (χ0) is 27.1. The van der Waals surface area contributed by atoms with Crippen molar-refractivity contribution in [3.63, 3.8) is 0 Å². The third kappa shape index (κ3) is 8.70. The molecule has 2 rings (SSSR count). The van der Waals surface area contributed by atoms with Gasteiger partial charge in [0.15, 0.2) is 0 Å². The van der Waals surface area contributed by atoms with Crippen molar-refractivity contribution in [1.82, 2.24) is 5.32 Å². The van der Waals surface area contributed by atoms with Crippen molar-refractivity contribution < 1.29 is 22.0 Å². The maximum absolute atomic E-state index is 14.1. The van der Waals surface area contributed by atoms with Crippen LogP contribution in [0, 0.1) is 0 Å². The first-order chi connectivity index (χ1) is 16.7. The summed E-state index contributed by atoms with van der Waals surface area (Å²) >= 11 is 1.51. The minimum atomic E-state index is -4.68. The molecule has 2 aromatic carbocycles. The van der Waals surface area contributed by atoms with E-state index in [0.717, 1.165) is 56.6 Å². The summed E-state index contributed by atoms with van der Waals surface area (Å²) in [4.78, 5) is 1.85. The van der Waals surface area contributed by atoms with Gasteiger partial charge in [-0.05, 0) is 76.9 Å². The fourth-order valence-electron chi connectivity index (χ4n) is 3.54. The van der Waals surface area contributed by atoms with Crippen LogP contribution in [-0.2, 0) is 18.5 Å². The second-order valence-electron chi connectivity index (χ2n) is 8.68. The van der Waals surface area contributed by atoms with Crippen LogP contribution in [0.1, 0.15) is 55.9 Å². The molecule has 0 bridgehead atoms. The highest BCUT2D eigenvalue weighted by atomic mass is 32.2. The highest BCUT2D eigenvalue weighted by Gasteiger charge is 2.34. The van der Waals surface area contributed by atoms with E-state index in [4.69, 9.17) is 0 Å². The van der Waals surface area contributed by atoms with E-state index < -0.39 is 23.2 Å². The van der Waals surface area contributed by atoms with Crippen molar-refractivity contribution in [2.45, 2.75) is 52.1 Å². The Hall–Kier alpha value is -2.80. The largest absolute Gasteiger partial charge is 0.416 e. The summed E-state index contributed by atoms with van der Waals surface area (Å²) in [6.07, 6.45) is 0.675. The Kier molecular flexibility index (Phi) is 10.2. The molecule has 1 nitrogen and oxygen atoms in total. The van der Waals surface area contributed by atoms with Crippen LogP contribution in [0.2, 0.25) is 0 Å². The van der Waals surface area contributed by atoms with Gasteiger partial charge in [0.1, 0.15) is 0 Å². The van der Waals surface area contributed by atoms with Gasteiger partial charge in [-0.25, -0.2) is 8.78 Å². The van der Waals surface area contributed by atoms with E-state index in [1.807, 2.05) is 37.3 Å². The van der Waals surface area contributed by atoms with Gasteiger partial charge < -0.3 is 5.32 Å². The Labute approximate surface area is 214 Å². The summed E-state index contributed by atoms with van der Waals surface area (Å²) in [6, 6.07) is 8.28. The first kappa shape index (κ1) is 29.4. The number of nitrogens with one attached hydrogen (secondary N) is 1. The Morgan fingerprint density at radius 2 is 1.75 bits per heavy atom. The molecule has 0 fully saturated rings. The monoisotopic (exact) mass is 521 g/mol. The molecule has 0 saturated heterocycles. The van der Waals surface area contributed by atoms with Crippen molar-refractivity contribution in [1.29, 1.82) is 0 Å². The molecule has 36 heavy (non-hydrogen) atoms. The van der Waals surface area contributed by atoms with Gasteiger partial charge in [0.2, 0.25) is 0 Å². The first-order valence-corrected chi connectivity index (χ1v) is 12.4. The molecule has 0 unspecified atom stereocenters. The zero-order valence-corrected chi connectivity index (χ0v) is 21.7. The van der Waals surface area contributed by atoms with Crippen LogP contribution in [0.5, 0.6) is 0 Å². The van der Waals surface area contributed by atoms with Crippen molar-refractivity contribution in [2.24, 2.45) is 0 Å². The number of aryl methyl sites for hydroxylation is 1. The average Bonchev–Trinajstić information content (AvgIpc) is 2.77. The summed E-state index contributed by atoms with van der Waals surface area (Å²) in [7, 11) is 0. The second-order valence-corrected chi connectivity index (χ2v) is 10.0. The number of thioether (sulfide) groups is 1. The van der Waals surface area contributed by atoms with Crippen LogP contribution in [0.15, 0.2) is 65.1 Å². The van der Waals surface area contributed by atoms with Crippen LogP contribution >= 0.6 is 11.8 Å². The predicted molar refractivity (Wildman–Crippen MR) is 143 cm³/mol. The highest BCUT2D eigenvalue weighted by molar-refractivity contribution is 8.07.